The zero-order chi connectivity index (χ0) is 14.8. The number of nitrogens with one attached hydrogen (secondary N) is 2. The van der Waals surface area contributed by atoms with Gasteiger partial charge in [-0.2, -0.15) is 0 Å². The number of nitrogens with zero attached hydrogens (tertiary/aromatic N) is 3. The van der Waals surface area contributed by atoms with Gasteiger partial charge in [-0.05, 0) is 37.6 Å². The van der Waals surface area contributed by atoms with Crippen LogP contribution < -0.4 is 16.3 Å². The molecule has 3 rings (SSSR count). The number of rotatable bonds is 3. The number of hydrogen-bond donors (Lipinski definition) is 2. The molecule has 1 fully saturated rings. The van der Waals surface area contributed by atoms with Crippen LogP contribution >= 0.6 is 0 Å². The zero-order valence-electron chi connectivity index (χ0n) is 12.0. The van der Waals surface area contributed by atoms with Crippen LogP contribution in [0.1, 0.15) is 13.3 Å². The number of hydrogen-bond acceptors (Lipinski definition) is 4. The molecule has 21 heavy (non-hydrogen) atoms. The van der Waals surface area contributed by atoms with Crippen LogP contribution in [0.4, 0.5) is 0 Å². The number of aromatic nitrogens is 3. The van der Waals surface area contributed by atoms with Gasteiger partial charge in [0, 0.05) is 12.2 Å². The molecule has 0 aromatic carbocycles. The van der Waals surface area contributed by atoms with Gasteiger partial charge in [-0.1, -0.05) is 13.0 Å². The van der Waals surface area contributed by atoms with Gasteiger partial charge in [0.05, 0.1) is 0 Å². The molecule has 7 nitrogen and oxygen atoms in total. The van der Waals surface area contributed by atoms with Crippen LogP contribution in [-0.2, 0) is 11.3 Å². The molecule has 0 spiro atoms. The molecule has 1 aliphatic heterocycles. The van der Waals surface area contributed by atoms with E-state index >= 15 is 0 Å². The molecule has 0 aliphatic carbocycles. The Labute approximate surface area is 122 Å². The van der Waals surface area contributed by atoms with Gasteiger partial charge < -0.3 is 10.6 Å². The van der Waals surface area contributed by atoms with Crippen LogP contribution in [0.3, 0.4) is 0 Å². The molecular weight excluding hydrogens is 270 g/mol. The summed E-state index contributed by atoms with van der Waals surface area (Å²) in [7, 11) is 0. The summed E-state index contributed by atoms with van der Waals surface area (Å²) < 4.78 is 2.64. The molecule has 0 radical (unpaired) electrons. The van der Waals surface area contributed by atoms with Gasteiger partial charge in [-0.15, -0.1) is 5.10 Å². The maximum atomic E-state index is 12.1. The molecule has 0 saturated carbocycles. The quantitative estimate of drug-likeness (QED) is 0.806. The molecule has 3 heterocycles. The van der Waals surface area contributed by atoms with Crippen molar-refractivity contribution in [2.45, 2.75) is 25.9 Å². The summed E-state index contributed by atoms with van der Waals surface area (Å²) in [6.45, 7) is 3.87. The van der Waals surface area contributed by atoms with Crippen molar-refractivity contribution in [1.82, 2.24) is 24.8 Å². The van der Waals surface area contributed by atoms with E-state index in [0.29, 0.717) is 11.6 Å². The number of fused-ring (bicyclic) bond motifs is 1. The summed E-state index contributed by atoms with van der Waals surface area (Å²) in [5, 5.41) is 10.5. The van der Waals surface area contributed by atoms with Crippen LogP contribution in [0.2, 0.25) is 0 Å². The summed E-state index contributed by atoms with van der Waals surface area (Å²) in [4.78, 5) is 24.2. The molecule has 1 amide bonds. The van der Waals surface area contributed by atoms with Crippen molar-refractivity contribution in [3.63, 3.8) is 0 Å². The molecule has 2 N–H and O–H groups in total. The second kappa shape index (κ2) is 5.69. The Hall–Kier alpha value is -2.15. The Morgan fingerprint density at radius 2 is 2.38 bits per heavy atom. The standard InChI is InChI=1S/C14H19N5O2/c1-10-8-15-6-5-11(10)16-13(20)9-19-14(21)18-7-3-2-4-12(18)17-19/h2-4,7,10-11,15H,5-6,8-9H2,1H3,(H,16,20). The van der Waals surface area contributed by atoms with Crippen molar-refractivity contribution >= 4 is 11.6 Å². The second-order valence-corrected chi connectivity index (χ2v) is 5.51. The fourth-order valence-corrected chi connectivity index (χ4v) is 2.69. The van der Waals surface area contributed by atoms with E-state index in [9.17, 15) is 9.59 Å². The average Bonchev–Trinajstić information content (AvgIpc) is 2.78. The minimum atomic E-state index is -0.292. The largest absolute Gasteiger partial charge is 0.351 e. The monoisotopic (exact) mass is 289 g/mol. The van der Waals surface area contributed by atoms with Crippen LogP contribution in [0, 0.1) is 5.92 Å². The molecule has 2 aromatic heterocycles. The SMILES string of the molecule is CC1CNCCC1NC(=O)Cn1nc2ccccn2c1=O. The van der Waals surface area contributed by atoms with Gasteiger partial charge in [-0.3, -0.25) is 9.20 Å². The average molecular weight is 289 g/mol. The van der Waals surface area contributed by atoms with E-state index in [0.717, 1.165) is 19.5 Å². The Balaban J connectivity index is 1.71. The minimum Gasteiger partial charge on any atom is -0.351 e. The second-order valence-electron chi connectivity index (χ2n) is 5.51. The van der Waals surface area contributed by atoms with E-state index < -0.39 is 0 Å². The van der Waals surface area contributed by atoms with E-state index in [2.05, 4.69) is 22.7 Å². The van der Waals surface area contributed by atoms with Gasteiger partial charge in [0.15, 0.2) is 5.65 Å². The molecule has 1 saturated heterocycles. The van der Waals surface area contributed by atoms with Crippen molar-refractivity contribution in [1.29, 1.82) is 0 Å². The minimum absolute atomic E-state index is 0.0445. The van der Waals surface area contributed by atoms with E-state index in [1.807, 2.05) is 6.07 Å². The number of carbonyl (C=O) groups is 1. The fourth-order valence-electron chi connectivity index (χ4n) is 2.69. The molecule has 7 heteroatoms. The van der Waals surface area contributed by atoms with Crippen molar-refractivity contribution in [2.75, 3.05) is 13.1 Å². The Morgan fingerprint density at radius 3 is 3.14 bits per heavy atom. The summed E-state index contributed by atoms with van der Waals surface area (Å²) in [5.74, 6) is 0.222. The Bertz CT molecular complexity index is 705. The predicted octanol–water partition coefficient (Wildman–Crippen LogP) is -0.390. The molecular formula is C14H19N5O2. The van der Waals surface area contributed by atoms with E-state index in [-0.39, 0.29) is 24.2 Å². The highest BCUT2D eigenvalue weighted by atomic mass is 16.2. The highest BCUT2D eigenvalue weighted by molar-refractivity contribution is 5.76. The third kappa shape index (κ3) is 2.82. The van der Waals surface area contributed by atoms with E-state index in [1.165, 1.54) is 9.08 Å². The first-order chi connectivity index (χ1) is 10.1. The smallest absolute Gasteiger partial charge is 0.350 e. The lowest BCUT2D eigenvalue weighted by Crippen LogP contribution is -2.49. The summed E-state index contributed by atoms with van der Waals surface area (Å²) in [6.07, 6.45) is 2.56. The molecule has 1 aliphatic rings. The van der Waals surface area contributed by atoms with E-state index in [4.69, 9.17) is 0 Å². The van der Waals surface area contributed by atoms with Gasteiger partial charge in [-0.25, -0.2) is 9.48 Å². The number of pyridine rings is 1. The summed E-state index contributed by atoms with van der Waals surface area (Å²) >= 11 is 0. The zero-order valence-corrected chi connectivity index (χ0v) is 12.0. The fraction of sp³-hybridized carbons (Fsp3) is 0.500. The van der Waals surface area contributed by atoms with Crippen LogP contribution in [-0.4, -0.2) is 39.2 Å². The first-order valence-electron chi connectivity index (χ1n) is 7.19. The number of carbonyl (C=O) groups excluding carboxylic acids is 1. The van der Waals surface area contributed by atoms with Crippen LogP contribution in [0.5, 0.6) is 0 Å². The lowest BCUT2D eigenvalue weighted by atomic mass is 9.95. The predicted molar refractivity (Wildman–Crippen MR) is 78.0 cm³/mol. The van der Waals surface area contributed by atoms with Crippen molar-refractivity contribution in [2.24, 2.45) is 5.92 Å². The molecule has 2 atom stereocenters. The van der Waals surface area contributed by atoms with Gasteiger partial charge in [0.1, 0.15) is 6.54 Å². The number of amides is 1. The first kappa shape index (κ1) is 13.8. The molecule has 2 unspecified atom stereocenters. The third-order valence-corrected chi connectivity index (χ3v) is 3.91. The van der Waals surface area contributed by atoms with Gasteiger partial charge in [0.2, 0.25) is 5.91 Å². The summed E-state index contributed by atoms with van der Waals surface area (Å²) in [5.41, 5.74) is 0.254. The van der Waals surface area contributed by atoms with Crippen molar-refractivity contribution in [3.8, 4) is 0 Å². The molecule has 112 valence electrons. The van der Waals surface area contributed by atoms with E-state index in [1.54, 1.807) is 18.3 Å². The highest BCUT2D eigenvalue weighted by Gasteiger charge is 2.23. The van der Waals surface area contributed by atoms with Crippen molar-refractivity contribution in [3.05, 3.63) is 34.9 Å². The van der Waals surface area contributed by atoms with Crippen LogP contribution in [0.15, 0.2) is 29.2 Å². The topological polar surface area (TPSA) is 80.4 Å². The maximum absolute atomic E-state index is 12.1. The lowest BCUT2D eigenvalue weighted by molar-refractivity contribution is -0.123. The van der Waals surface area contributed by atoms with Gasteiger partial charge in [0.25, 0.3) is 0 Å². The third-order valence-electron chi connectivity index (χ3n) is 3.91. The first-order valence-corrected chi connectivity index (χ1v) is 7.19. The van der Waals surface area contributed by atoms with Crippen LogP contribution in [0.25, 0.3) is 5.65 Å². The van der Waals surface area contributed by atoms with Crippen molar-refractivity contribution < 1.29 is 4.79 Å². The lowest BCUT2D eigenvalue weighted by Gasteiger charge is -2.30. The highest BCUT2D eigenvalue weighted by Crippen LogP contribution is 2.10. The number of piperidine rings is 1. The normalized spacial score (nSPS) is 22.3. The Morgan fingerprint density at radius 1 is 1.52 bits per heavy atom. The molecule has 2 aromatic rings. The maximum Gasteiger partial charge on any atom is 0.350 e. The van der Waals surface area contributed by atoms with Gasteiger partial charge >= 0.3 is 5.69 Å². The molecule has 0 bridgehead atoms. The summed E-state index contributed by atoms with van der Waals surface area (Å²) in [6, 6.07) is 5.47. The Kier molecular flexibility index (Phi) is 3.74.